The number of hydrogen-bond donors (Lipinski definition) is 1. The topological polar surface area (TPSA) is 162 Å². The number of methoxy groups -OCH3 is 1. The Labute approximate surface area is 190 Å². The van der Waals surface area contributed by atoms with Crippen LogP contribution in [-0.2, 0) is 4.79 Å². The van der Waals surface area contributed by atoms with E-state index in [9.17, 15) is 30.3 Å². The first kappa shape index (κ1) is 23.0. The minimum absolute atomic E-state index is 0.00986. The summed E-state index contributed by atoms with van der Waals surface area (Å²) in [5, 5.41) is 33.8. The molecule has 0 aliphatic rings. The molecule has 1 heterocycles. The second kappa shape index (κ2) is 9.63. The van der Waals surface area contributed by atoms with E-state index < -0.39 is 15.8 Å². The number of ether oxygens (including phenoxy) is 1. The van der Waals surface area contributed by atoms with E-state index in [2.05, 4.69) is 5.32 Å². The molecule has 1 N–H and O–H groups in total. The fourth-order valence-electron chi connectivity index (χ4n) is 2.78. The minimum Gasteiger partial charge on any atom is -0.495 e. The summed E-state index contributed by atoms with van der Waals surface area (Å²) in [7, 11) is 1.32. The van der Waals surface area contributed by atoms with Gasteiger partial charge in [-0.15, -0.1) is 0 Å². The molecule has 12 heteroatoms. The minimum atomic E-state index is -0.845. The number of furan rings is 1. The smallest absolute Gasteiger partial charge is 0.271 e. The van der Waals surface area contributed by atoms with Crippen molar-refractivity contribution in [2.75, 3.05) is 12.4 Å². The van der Waals surface area contributed by atoms with Gasteiger partial charge in [-0.2, -0.15) is 5.26 Å². The van der Waals surface area contributed by atoms with Gasteiger partial charge in [0.2, 0.25) is 0 Å². The largest absolute Gasteiger partial charge is 0.495 e. The molecule has 2 aromatic carbocycles. The molecule has 1 aromatic heterocycles. The summed E-state index contributed by atoms with van der Waals surface area (Å²) in [6.07, 6.45) is 1.17. The van der Waals surface area contributed by atoms with Crippen molar-refractivity contribution in [1.29, 1.82) is 5.26 Å². The number of nitro groups is 2. The Kier molecular flexibility index (Phi) is 6.71. The number of non-ortho nitro benzene ring substituents is 2. The van der Waals surface area contributed by atoms with Gasteiger partial charge < -0.3 is 14.5 Å². The lowest BCUT2D eigenvalue weighted by atomic mass is 10.1. The third kappa shape index (κ3) is 5.15. The first-order valence-corrected chi connectivity index (χ1v) is 9.41. The first-order chi connectivity index (χ1) is 15.7. The van der Waals surface area contributed by atoms with Gasteiger partial charge in [-0.25, -0.2) is 0 Å². The Balaban J connectivity index is 1.87. The number of nitrogens with one attached hydrogen (secondary N) is 1. The molecule has 166 valence electrons. The number of anilines is 1. The Bertz CT molecular complexity index is 1340. The molecule has 0 unspecified atom stereocenters. The van der Waals surface area contributed by atoms with Gasteiger partial charge in [0.25, 0.3) is 17.3 Å². The van der Waals surface area contributed by atoms with Crippen LogP contribution < -0.4 is 10.1 Å². The Morgan fingerprint density at radius 2 is 1.79 bits per heavy atom. The highest BCUT2D eigenvalue weighted by molar-refractivity contribution is 6.33. The van der Waals surface area contributed by atoms with E-state index in [-0.39, 0.29) is 44.9 Å². The average Bonchev–Trinajstić information content (AvgIpc) is 3.25. The van der Waals surface area contributed by atoms with Crippen LogP contribution in [0.15, 0.2) is 58.5 Å². The molecule has 0 saturated heterocycles. The second-order valence-electron chi connectivity index (χ2n) is 6.39. The fraction of sp³-hybridized carbons (Fsp3) is 0.0476. The van der Waals surface area contributed by atoms with Crippen LogP contribution in [0, 0.1) is 31.6 Å². The monoisotopic (exact) mass is 468 g/mol. The van der Waals surface area contributed by atoms with Crippen LogP contribution in [0.5, 0.6) is 5.75 Å². The van der Waals surface area contributed by atoms with Crippen LogP contribution in [0.25, 0.3) is 17.4 Å². The van der Waals surface area contributed by atoms with E-state index in [1.807, 2.05) is 0 Å². The van der Waals surface area contributed by atoms with Crippen molar-refractivity contribution >= 4 is 40.6 Å². The van der Waals surface area contributed by atoms with Gasteiger partial charge in [-0.05, 0) is 24.3 Å². The molecular weight excluding hydrogens is 456 g/mol. The molecule has 0 radical (unpaired) electrons. The van der Waals surface area contributed by atoms with Crippen molar-refractivity contribution in [2.24, 2.45) is 0 Å². The van der Waals surface area contributed by atoms with Gasteiger partial charge >= 0.3 is 0 Å². The molecule has 0 saturated carbocycles. The van der Waals surface area contributed by atoms with E-state index in [0.717, 1.165) is 6.07 Å². The summed E-state index contributed by atoms with van der Waals surface area (Å²) in [5.74, 6) is -0.279. The number of rotatable bonds is 7. The van der Waals surface area contributed by atoms with E-state index in [0.29, 0.717) is 5.56 Å². The van der Waals surface area contributed by atoms with Crippen molar-refractivity contribution in [1.82, 2.24) is 0 Å². The van der Waals surface area contributed by atoms with Crippen LogP contribution in [0.4, 0.5) is 17.1 Å². The summed E-state index contributed by atoms with van der Waals surface area (Å²) < 4.78 is 10.7. The number of nitriles is 1. The molecule has 0 spiro atoms. The maximum absolute atomic E-state index is 12.6. The van der Waals surface area contributed by atoms with Gasteiger partial charge in [0.1, 0.15) is 28.9 Å². The van der Waals surface area contributed by atoms with Crippen molar-refractivity contribution in [3.63, 3.8) is 0 Å². The molecule has 11 nitrogen and oxygen atoms in total. The highest BCUT2D eigenvalue weighted by Crippen LogP contribution is 2.33. The first-order valence-electron chi connectivity index (χ1n) is 9.03. The van der Waals surface area contributed by atoms with Gasteiger partial charge in [-0.1, -0.05) is 11.6 Å². The summed E-state index contributed by atoms with van der Waals surface area (Å²) in [6, 6.07) is 12.2. The number of carbonyl (C=O) groups is 1. The zero-order valence-electron chi connectivity index (χ0n) is 16.8. The molecular formula is C21H13ClN4O7. The number of nitrogens with zero attached hydrogens (tertiary/aromatic N) is 3. The summed E-state index contributed by atoms with van der Waals surface area (Å²) in [4.78, 5) is 33.2. The molecule has 0 aliphatic heterocycles. The van der Waals surface area contributed by atoms with Crippen molar-refractivity contribution in [3.8, 4) is 23.1 Å². The maximum atomic E-state index is 12.6. The Morgan fingerprint density at radius 3 is 2.39 bits per heavy atom. The number of halogens is 1. The van der Waals surface area contributed by atoms with Crippen LogP contribution in [0.1, 0.15) is 5.76 Å². The predicted molar refractivity (Wildman–Crippen MR) is 118 cm³/mol. The highest BCUT2D eigenvalue weighted by atomic mass is 35.5. The van der Waals surface area contributed by atoms with Crippen molar-refractivity contribution in [3.05, 3.63) is 85.1 Å². The lowest BCUT2D eigenvalue weighted by Crippen LogP contribution is -2.14. The molecule has 0 atom stereocenters. The third-order valence-corrected chi connectivity index (χ3v) is 4.66. The standard InChI is InChI=1S/C21H13ClN4O7/c1-32-20-6-3-14(26(30)31)10-18(20)24-21(27)12(11-23)8-15-4-7-19(33-15)16-5-2-13(25(28)29)9-17(16)22/h2-10H,1H3,(H,24,27)/b12-8+. The zero-order chi connectivity index (χ0) is 24.1. The predicted octanol–water partition coefficient (Wildman–Crippen LogP) is 4.97. The normalized spacial score (nSPS) is 10.9. The van der Waals surface area contributed by atoms with Crippen molar-refractivity contribution < 1.29 is 23.8 Å². The SMILES string of the molecule is COc1ccc([N+](=O)[O-])cc1NC(=O)/C(C#N)=C/c1ccc(-c2ccc([N+](=O)[O-])cc2Cl)o1. The second-order valence-corrected chi connectivity index (χ2v) is 6.80. The van der Waals surface area contributed by atoms with Gasteiger partial charge in [-0.3, -0.25) is 25.0 Å². The van der Waals surface area contributed by atoms with Crippen LogP contribution in [-0.4, -0.2) is 22.9 Å². The van der Waals surface area contributed by atoms with Crippen LogP contribution in [0.2, 0.25) is 5.02 Å². The maximum Gasteiger partial charge on any atom is 0.271 e. The van der Waals surface area contributed by atoms with E-state index in [1.165, 1.54) is 55.7 Å². The van der Waals surface area contributed by atoms with E-state index in [4.69, 9.17) is 20.8 Å². The molecule has 1 amide bonds. The summed E-state index contributed by atoms with van der Waals surface area (Å²) >= 11 is 6.10. The molecule has 0 aliphatic carbocycles. The molecule has 3 rings (SSSR count). The lowest BCUT2D eigenvalue weighted by Gasteiger charge is -2.09. The number of nitro benzene ring substituents is 2. The van der Waals surface area contributed by atoms with Crippen LogP contribution in [0.3, 0.4) is 0 Å². The van der Waals surface area contributed by atoms with Crippen molar-refractivity contribution in [2.45, 2.75) is 0 Å². The van der Waals surface area contributed by atoms with Gasteiger partial charge in [0.05, 0.1) is 27.7 Å². The zero-order valence-corrected chi connectivity index (χ0v) is 17.5. The molecule has 33 heavy (non-hydrogen) atoms. The highest BCUT2D eigenvalue weighted by Gasteiger charge is 2.18. The Morgan fingerprint density at radius 1 is 1.12 bits per heavy atom. The quantitative estimate of drug-likeness (QED) is 0.220. The average molecular weight is 469 g/mol. The number of benzene rings is 2. The number of hydrogen-bond acceptors (Lipinski definition) is 8. The fourth-order valence-corrected chi connectivity index (χ4v) is 3.05. The summed E-state index contributed by atoms with van der Waals surface area (Å²) in [5.41, 5.74) is -0.416. The van der Waals surface area contributed by atoms with E-state index in [1.54, 1.807) is 6.07 Å². The molecule has 0 bridgehead atoms. The van der Waals surface area contributed by atoms with Gasteiger partial charge in [0, 0.05) is 35.9 Å². The number of carbonyl (C=O) groups excluding carboxylic acids is 1. The molecule has 0 fully saturated rings. The number of amides is 1. The van der Waals surface area contributed by atoms with Gasteiger partial charge in [0.15, 0.2) is 0 Å². The summed E-state index contributed by atoms with van der Waals surface area (Å²) in [6.45, 7) is 0. The third-order valence-electron chi connectivity index (χ3n) is 4.35. The Hall–Kier alpha value is -4.69. The molecule has 3 aromatic rings. The lowest BCUT2D eigenvalue weighted by molar-refractivity contribution is -0.385. The van der Waals surface area contributed by atoms with Crippen LogP contribution >= 0.6 is 11.6 Å². The van der Waals surface area contributed by atoms with E-state index >= 15 is 0 Å².